The summed E-state index contributed by atoms with van der Waals surface area (Å²) < 4.78 is 19.9. The summed E-state index contributed by atoms with van der Waals surface area (Å²) >= 11 is 0. The Labute approximate surface area is 137 Å². The molecule has 0 aliphatic heterocycles. The molecule has 3 rings (SSSR count). The Balaban J connectivity index is 2.35. The first-order valence-corrected chi connectivity index (χ1v) is 9.24. The molecule has 0 saturated carbocycles. The van der Waals surface area contributed by atoms with Crippen LogP contribution in [0.2, 0.25) is 0 Å². The lowest BCUT2D eigenvalue weighted by atomic mass is 10.2. The molecule has 0 bridgehead atoms. The highest BCUT2D eigenvalue weighted by Crippen LogP contribution is 2.45. The predicted octanol–water partition coefficient (Wildman–Crippen LogP) is 3.64. The fourth-order valence-electron chi connectivity index (χ4n) is 2.85. The first-order chi connectivity index (χ1) is 11.2. The molecule has 0 N–H and O–H groups in total. The van der Waals surface area contributed by atoms with E-state index in [0.717, 1.165) is 21.5 Å². The molecule has 0 aliphatic carbocycles. The Morgan fingerprint density at radius 3 is 1.74 bits per heavy atom. The molecule has 0 saturated heterocycles. The van der Waals surface area contributed by atoms with E-state index in [4.69, 9.17) is 4.74 Å². The van der Waals surface area contributed by atoms with Gasteiger partial charge in [-0.15, -0.1) is 0 Å². The van der Waals surface area contributed by atoms with Crippen LogP contribution in [-0.2, 0) is 4.57 Å². The second-order valence-electron chi connectivity index (χ2n) is 5.41. The number of methoxy groups -OCH3 is 1. The lowest BCUT2D eigenvalue weighted by Crippen LogP contribution is -2.26. The van der Waals surface area contributed by atoms with E-state index >= 15 is 0 Å². The number of aryl methyl sites for hydroxylation is 1. The van der Waals surface area contributed by atoms with Crippen LogP contribution in [0.15, 0.2) is 78.9 Å². The van der Waals surface area contributed by atoms with Gasteiger partial charge in [-0.2, -0.15) is 0 Å². The molecule has 0 atom stereocenters. The highest BCUT2D eigenvalue weighted by molar-refractivity contribution is 7.85. The summed E-state index contributed by atoms with van der Waals surface area (Å²) in [7, 11) is -1.35. The van der Waals surface area contributed by atoms with Crippen LogP contribution in [0.4, 0.5) is 0 Å². The van der Waals surface area contributed by atoms with Crippen molar-refractivity contribution in [3.05, 3.63) is 84.4 Å². The van der Waals surface area contributed by atoms with Crippen molar-refractivity contribution in [3.8, 4) is 5.75 Å². The lowest BCUT2D eigenvalue weighted by molar-refractivity contribution is 0.415. The zero-order chi connectivity index (χ0) is 16.3. The topological polar surface area (TPSA) is 26.3 Å². The predicted molar refractivity (Wildman–Crippen MR) is 97.1 cm³/mol. The van der Waals surface area contributed by atoms with Crippen LogP contribution in [-0.4, -0.2) is 7.11 Å². The number of rotatable bonds is 4. The van der Waals surface area contributed by atoms with E-state index in [9.17, 15) is 4.57 Å². The van der Waals surface area contributed by atoms with Crippen molar-refractivity contribution in [2.24, 2.45) is 0 Å². The Morgan fingerprint density at radius 2 is 1.26 bits per heavy atom. The zero-order valence-corrected chi connectivity index (χ0v) is 14.2. The van der Waals surface area contributed by atoms with Crippen molar-refractivity contribution < 1.29 is 9.30 Å². The van der Waals surface area contributed by atoms with Crippen molar-refractivity contribution in [1.29, 1.82) is 0 Å². The molecule has 116 valence electrons. The van der Waals surface area contributed by atoms with Gasteiger partial charge in [0.2, 0.25) is 0 Å². The fraction of sp³-hybridized carbons (Fsp3) is 0.100. The van der Waals surface area contributed by atoms with Gasteiger partial charge in [0.1, 0.15) is 5.75 Å². The molecular weight excluding hydrogens is 303 g/mol. The minimum absolute atomic E-state index is 0.698. The van der Waals surface area contributed by atoms with E-state index in [2.05, 4.69) is 0 Å². The molecule has 3 heteroatoms. The molecule has 0 aromatic heterocycles. The molecule has 0 aliphatic rings. The van der Waals surface area contributed by atoms with Crippen LogP contribution >= 0.6 is 7.14 Å². The molecular formula is C20H19O2P. The molecule has 0 spiro atoms. The minimum atomic E-state index is -2.98. The van der Waals surface area contributed by atoms with Gasteiger partial charge in [0.15, 0.2) is 7.14 Å². The van der Waals surface area contributed by atoms with Crippen LogP contribution in [0.25, 0.3) is 0 Å². The van der Waals surface area contributed by atoms with Crippen LogP contribution < -0.4 is 20.7 Å². The maximum absolute atomic E-state index is 14.3. The molecule has 23 heavy (non-hydrogen) atoms. The minimum Gasteiger partial charge on any atom is -0.496 e. The smallest absolute Gasteiger partial charge is 0.174 e. The van der Waals surface area contributed by atoms with Gasteiger partial charge in [-0.25, -0.2) is 0 Å². The highest BCUT2D eigenvalue weighted by Gasteiger charge is 2.32. The third kappa shape index (κ3) is 2.71. The molecule has 3 aromatic carbocycles. The van der Waals surface area contributed by atoms with Crippen molar-refractivity contribution in [3.63, 3.8) is 0 Å². The van der Waals surface area contributed by atoms with E-state index < -0.39 is 7.14 Å². The molecule has 3 aromatic rings. The SMILES string of the molecule is COc1c(C)cccc1P(=O)(c1ccccc1)c1ccccc1. The van der Waals surface area contributed by atoms with E-state index in [1.807, 2.05) is 85.8 Å². The molecule has 0 amide bonds. The maximum atomic E-state index is 14.3. The van der Waals surface area contributed by atoms with Gasteiger partial charge in [-0.1, -0.05) is 72.8 Å². The molecule has 2 nitrogen and oxygen atoms in total. The van der Waals surface area contributed by atoms with E-state index in [-0.39, 0.29) is 0 Å². The first-order valence-electron chi connectivity index (χ1n) is 7.53. The summed E-state index contributed by atoms with van der Waals surface area (Å²) in [5.74, 6) is 0.698. The molecule has 0 radical (unpaired) electrons. The van der Waals surface area contributed by atoms with E-state index in [0.29, 0.717) is 5.75 Å². The summed E-state index contributed by atoms with van der Waals surface area (Å²) in [5, 5.41) is 2.38. The van der Waals surface area contributed by atoms with E-state index in [1.54, 1.807) is 7.11 Å². The Morgan fingerprint density at radius 1 is 0.739 bits per heavy atom. The third-order valence-electron chi connectivity index (χ3n) is 3.97. The third-order valence-corrected chi connectivity index (χ3v) is 7.06. The number of benzene rings is 3. The second kappa shape index (κ2) is 6.44. The quantitative estimate of drug-likeness (QED) is 0.686. The fourth-order valence-corrected chi connectivity index (χ4v) is 5.74. The van der Waals surface area contributed by atoms with Gasteiger partial charge < -0.3 is 9.30 Å². The molecule has 0 fully saturated rings. The molecule has 0 heterocycles. The average Bonchev–Trinajstić information content (AvgIpc) is 2.62. The maximum Gasteiger partial charge on any atom is 0.174 e. The summed E-state index contributed by atoms with van der Waals surface area (Å²) in [6.45, 7) is 1.97. The summed E-state index contributed by atoms with van der Waals surface area (Å²) in [6.07, 6.45) is 0. The summed E-state index contributed by atoms with van der Waals surface area (Å²) in [6, 6.07) is 25.1. The van der Waals surface area contributed by atoms with Crippen LogP contribution in [0.3, 0.4) is 0 Å². The van der Waals surface area contributed by atoms with Gasteiger partial charge in [0.25, 0.3) is 0 Å². The average molecular weight is 322 g/mol. The Kier molecular flexibility index (Phi) is 4.36. The van der Waals surface area contributed by atoms with Crippen LogP contribution in [0.1, 0.15) is 5.56 Å². The molecule has 0 unspecified atom stereocenters. The van der Waals surface area contributed by atoms with Gasteiger partial charge >= 0.3 is 0 Å². The number of hydrogen-bond acceptors (Lipinski definition) is 2. The van der Waals surface area contributed by atoms with Crippen molar-refractivity contribution >= 4 is 23.1 Å². The highest BCUT2D eigenvalue weighted by atomic mass is 31.2. The Bertz CT molecular complexity index is 799. The lowest BCUT2D eigenvalue weighted by Gasteiger charge is -2.22. The number of ether oxygens (including phenoxy) is 1. The van der Waals surface area contributed by atoms with Gasteiger partial charge in [0, 0.05) is 10.6 Å². The number of para-hydroxylation sites is 1. The standard InChI is InChI=1S/C20H19O2P/c1-16-10-9-15-19(20(16)22-2)23(21,17-11-5-3-6-12-17)18-13-7-4-8-14-18/h3-15H,1-2H3. The largest absolute Gasteiger partial charge is 0.496 e. The summed E-state index contributed by atoms with van der Waals surface area (Å²) in [4.78, 5) is 0. The van der Waals surface area contributed by atoms with Gasteiger partial charge in [0.05, 0.1) is 12.4 Å². The van der Waals surface area contributed by atoms with Crippen LogP contribution in [0, 0.1) is 6.92 Å². The zero-order valence-electron chi connectivity index (χ0n) is 13.3. The number of hydrogen-bond donors (Lipinski definition) is 0. The van der Waals surface area contributed by atoms with Crippen molar-refractivity contribution in [2.45, 2.75) is 6.92 Å². The summed E-state index contributed by atoms with van der Waals surface area (Å²) in [5.41, 5.74) is 0.983. The second-order valence-corrected chi connectivity index (χ2v) is 8.14. The van der Waals surface area contributed by atoms with Gasteiger partial charge in [-0.05, 0) is 18.6 Å². The first kappa shape index (κ1) is 15.6. The van der Waals surface area contributed by atoms with Crippen molar-refractivity contribution in [2.75, 3.05) is 7.11 Å². The van der Waals surface area contributed by atoms with Crippen LogP contribution in [0.5, 0.6) is 5.75 Å². The normalized spacial score (nSPS) is 11.2. The Hall–Kier alpha value is -2.31. The van der Waals surface area contributed by atoms with Gasteiger partial charge in [-0.3, -0.25) is 0 Å². The van der Waals surface area contributed by atoms with E-state index in [1.165, 1.54) is 0 Å². The monoisotopic (exact) mass is 322 g/mol. The van der Waals surface area contributed by atoms with Crippen molar-refractivity contribution in [1.82, 2.24) is 0 Å².